The van der Waals surface area contributed by atoms with E-state index in [9.17, 15) is 9.59 Å². The largest absolute Gasteiger partial charge is 0.497 e. The Morgan fingerprint density at radius 3 is 2.77 bits per heavy atom. The van der Waals surface area contributed by atoms with E-state index in [2.05, 4.69) is 15.7 Å². The molecule has 0 radical (unpaired) electrons. The van der Waals surface area contributed by atoms with E-state index in [1.165, 1.54) is 5.01 Å². The van der Waals surface area contributed by atoms with Gasteiger partial charge in [0.15, 0.2) is 0 Å². The average molecular weight is 352 g/mol. The maximum Gasteiger partial charge on any atom is 0.288 e. The molecule has 2 amide bonds. The smallest absolute Gasteiger partial charge is 0.288 e. The monoisotopic (exact) mass is 352 g/mol. The van der Waals surface area contributed by atoms with Crippen LogP contribution in [0, 0.1) is 6.92 Å². The summed E-state index contributed by atoms with van der Waals surface area (Å²) in [5.74, 6) is 0.227. The molecule has 1 aliphatic heterocycles. The first-order valence-electron chi connectivity index (χ1n) is 8.18. The van der Waals surface area contributed by atoms with Crippen LogP contribution in [0.4, 0.5) is 5.69 Å². The number of anilines is 1. The van der Waals surface area contributed by atoms with Crippen LogP contribution in [0.3, 0.4) is 0 Å². The van der Waals surface area contributed by atoms with Crippen molar-refractivity contribution in [2.75, 3.05) is 18.7 Å². The first kappa shape index (κ1) is 17.5. The summed E-state index contributed by atoms with van der Waals surface area (Å²) in [7, 11) is 1.59. The standard InChI is InChI=1S/C19H20N4O3/c1-13-6-8-15(9-7-13)23-17(24)12-20-18(22-23)19(25)21-11-14-4-3-5-16(10-14)26-2/h3-10H,11-12H2,1-2H3,(H,20,22)(H,21,25). The van der Waals surface area contributed by atoms with E-state index in [1.54, 1.807) is 7.11 Å². The molecule has 0 spiro atoms. The minimum atomic E-state index is -0.377. The molecule has 1 heterocycles. The summed E-state index contributed by atoms with van der Waals surface area (Å²) in [6, 6.07) is 14.9. The van der Waals surface area contributed by atoms with Gasteiger partial charge >= 0.3 is 0 Å². The SMILES string of the molecule is COc1cccc(CNC(=O)C2=NCC(=O)N(c3ccc(C)cc3)N2)c1. The van der Waals surface area contributed by atoms with E-state index < -0.39 is 0 Å². The molecule has 134 valence electrons. The van der Waals surface area contributed by atoms with Gasteiger partial charge in [-0.3, -0.25) is 20.0 Å². The lowest BCUT2D eigenvalue weighted by Gasteiger charge is -2.27. The molecule has 26 heavy (non-hydrogen) atoms. The van der Waals surface area contributed by atoms with Crippen molar-refractivity contribution in [3.05, 3.63) is 59.7 Å². The van der Waals surface area contributed by atoms with Gasteiger partial charge in [-0.2, -0.15) is 0 Å². The van der Waals surface area contributed by atoms with Crippen LogP contribution in [0.1, 0.15) is 11.1 Å². The summed E-state index contributed by atoms with van der Waals surface area (Å²) < 4.78 is 5.17. The second-order valence-electron chi connectivity index (χ2n) is 5.88. The fraction of sp³-hybridized carbons (Fsp3) is 0.211. The highest BCUT2D eigenvalue weighted by atomic mass is 16.5. The van der Waals surface area contributed by atoms with E-state index in [1.807, 2.05) is 55.5 Å². The Kier molecular flexibility index (Phi) is 5.17. The van der Waals surface area contributed by atoms with Crippen LogP contribution >= 0.6 is 0 Å². The first-order chi connectivity index (χ1) is 12.6. The predicted molar refractivity (Wildman–Crippen MR) is 98.9 cm³/mol. The number of nitrogens with one attached hydrogen (secondary N) is 2. The highest BCUT2D eigenvalue weighted by molar-refractivity contribution is 6.39. The van der Waals surface area contributed by atoms with Gasteiger partial charge in [-0.05, 0) is 36.8 Å². The molecule has 1 aliphatic rings. The number of amidine groups is 1. The fourth-order valence-corrected chi connectivity index (χ4v) is 2.49. The number of aliphatic imine (C=N–C) groups is 1. The molecule has 0 fully saturated rings. The Hall–Kier alpha value is -3.35. The quantitative estimate of drug-likeness (QED) is 0.856. The normalized spacial score (nSPS) is 13.7. The zero-order valence-corrected chi connectivity index (χ0v) is 14.7. The van der Waals surface area contributed by atoms with Crippen molar-refractivity contribution in [3.8, 4) is 5.75 Å². The Bertz CT molecular complexity index is 846. The Labute approximate surface area is 151 Å². The number of nitrogens with zero attached hydrogens (tertiary/aromatic N) is 2. The van der Waals surface area contributed by atoms with Crippen LogP contribution in [0.25, 0.3) is 0 Å². The van der Waals surface area contributed by atoms with Gasteiger partial charge in [0.1, 0.15) is 12.3 Å². The van der Waals surface area contributed by atoms with Crippen LogP contribution in [0.15, 0.2) is 53.5 Å². The number of amides is 2. The number of rotatable bonds is 5. The number of carbonyl (C=O) groups is 2. The summed E-state index contributed by atoms with van der Waals surface area (Å²) in [5, 5.41) is 4.13. The second kappa shape index (κ2) is 7.69. The van der Waals surface area contributed by atoms with E-state index in [0.29, 0.717) is 12.2 Å². The van der Waals surface area contributed by atoms with Crippen molar-refractivity contribution in [2.24, 2.45) is 4.99 Å². The molecule has 0 saturated carbocycles. The van der Waals surface area contributed by atoms with Gasteiger partial charge in [0.05, 0.1) is 12.8 Å². The van der Waals surface area contributed by atoms with Gasteiger partial charge in [-0.1, -0.05) is 29.8 Å². The highest BCUT2D eigenvalue weighted by Crippen LogP contribution is 2.15. The van der Waals surface area contributed by atoms with Gasteiger partial charge in [0, 0.05) is 6.54 Å². The number of aryl methyl sites for hydroxylation is 1. The number of hydrogen-bond acceptors (Lipinski definition) is 5. The molecule has 2 N–H and O–H groups in total. The minimum Gasteiger partial charge on any atom is -0.497 e. The summed E-state index contributed by atoms with van der Waals surface area (Å²) in [6.45, 7) is 2.21. The van der Waals surface area contributed by atoms with Gasteiger partial charge in [-0.25, -0.2) is 5.01 Å². The molecule has 0 bridgehead atoms. The third kappa shape index (κ3) is 4.00. The summed E-state index contributed by atoms with van der Waals surface area (Å²) >= 11 is 0. The molecule has 7 nitrogen and oxygen atoms in total. The number of ether oxygens (including phenoxy) is 1. The summed E-state index contributed by atoms with van der Waals surface area (Å²) in [4.78, 5) is 28.5. The van der Waals surface area contributed by atoms with Crippen LogP contribution < -0.4 is 20.5 Å². The molecular formula is C19H20N4O3. The molecule has 0 aromatic heterocycles. The fourth-order valence-electron chi connectivity index (χ4n) is 2.49. The van der Waals surface area contributed by atoms with E-state index in [0.717, 1.165) is 16.9 Å². The second-order valence-corrected chi connectivity index (χ2v) is 5.88. The first-order valence-corrected chi connectivity index (χ1v) is 8.18. The number of hydrogen-bond donors (Lipinski definition) is 2. The lowest BCUT2D eigenvalue weighted by atomic mass is 10.2. The Morgan fingerprint density at radius 1 is 1.27 bits per heavy atom. The molecule has 7 heteroatoms. The highest BCUT2D eigenvalue weighted by Gasteiger charge is 2.25. The molecule has 2 aromatic rings. The molecule has 2 aromatic carbocycles. The minimum absolute atomic E-state index is 0.0806. The zero-order chi connectivity index (χ0) is 18.5. The van der Waals surface area contributed by atoms with E-state index >= 15 is 0 Å². The van der Waals surface area contributed by atoms with Crippen LogP contribution in [-0.4, -0.2) is 31.3 Å². The maximum atomic E-state index is 12.4. The van der Waals surface area contributed by atoms with Gasteiger partial charge in [0.25, 0.3) is 11.8 Å². The third-order valence-corrected chi connectivity index (χ3v) is 3.93. The number of carbonyl (C=O) groups excluding carboxylic acids is 2. The lowest BCUT2D eigenvalue weighted by Crippen LogP contribution is -2.55. The molecule has 0 atom stereocenters. The predicted octanol–water partition coefficient (Wildman–Crippen LogP) is 1.57. The van der Waals surface area contributed by atoms with Gasteiger partial charge in [-0.15, -0.1) is 0 Å². The van der Waals surface area contributed by atoms with Crippen molar-refractivity contribution < 1.29 is 14.3 Å². The van der Waals surface area contributed by atoms with Crippen molar-refractivity contribution in [1.82, 2.24) is 10.7 Å². The molecule has 0 unspecified atom stereocenters. The van der Waals surface area contributed by atoms with Crippen molar-refractivity contribution in [1.29, 1.82) is 0 Å². The lowest BCUT2D eigenvalue weighted by molar-refractivity contribution is -0.118. The average Bonchev–Trinajstić information content (AvgIpc) is 2.67. The van der Waals surface area contributed by atoms with Crippen molar-refractivity contribution >= 4 is 23.3 Å². The van der Waals surface area contributed by atoms with Crippen molar-refractivity contribution in [2.45, 2.75) is 13.5 Å². The summed E-state index contributed by atoms with van der Waals surface area (Å²) in [6.07, 6.45) is 0. The maximum absolute atomic E-state index is 12.4. The van der Waals surface area contributed by atoms with Gasteiger partial charge in [0.2, 0.25) is 5.84 Å². The molecule has 0 aliphatic carbocycles. The van der Waals surface area contributed by atoms with Crippen LogP contribution in [-0.2, 0) is 16.1 Å². The topological polar surface area (TPSA) is 83.0 Å². The van der Waals surface area contributed by atoms with Crippen molar-refractivity contribution in [3.63, 3.8) is 0 Å². The Morgan fingerprint density at radius 2 is 2.04 bits per heavy atom. The van der Waals surface area contributed by atoms with E-state index in [4.69, 9.17) is 4.74 Å². The van der Waals surface area contributed by atoms with Crippen LogP contribution in [0.2, 0.25) is 0 Å². The van der Waals surface area contributed by atoms with Crippen LogP contribution in [0.5, 0.6) is 5.75 Å². The molecular weight excluding hydrogens is 332 g/mol. The number of hydrazine groups is 1. The zero-order valence-electron chi connectivity index (χ0n) is 14.7. The molecule has 3 rings (SSSR count). The van der Waals surface area contributed by atoms with Gasteiger partial charge < -0.3 is 10.1 Å². The Balaban J connectivity index is 1.65. The number of benzene rings is 2. The number of methoxy groups -OCH3 is 1. The summed E-state index contributed by atoms with van der Waals surface area (Å²) in [5.41, 5.74) is 5.44. The molecule has 0 saturated heterocycles. The third-order valence-electron chi connectivity index (χ3n) is 3.93. The van der Waals surface area contributed by atoms with E-state index in [-0.39, 0.29) is 24.2 Å².